The molecule has 0 saturated carbocycles. The molecular weight excluding hydrogens is 314 g/mol. The molecule has 0 aliphatic rings. The highest BCUT2D eigenvalue weighted by molar-refractivity contribution is 5.92. The van der Waals surface area contributed by atoms with Gasteiger partial charge in [0.05, 0.1) is 13.0 Å². The van der Waals surface area contributed by atoms with Gasteiger partial charge in [0.1, 0.15) is 0 Å². The third-order valence-corrected chi connectivity index (χ3v) is 3.78. The molecule has 2 aromatic rings. The Labute approximate surface area is 149 Å². The van der Waals surface area contributed by atoms with Crippen molar-refractivity contribution in [1.82, 2.24) is 0 Å². The molecular formula is C21H25NO3. The Hall–Kier alpha value is -2.62. The van der Waals surface area contributed by atoms with Crippen LogP contribution in [0.2, 0.25) is 0 Å². The van der Waals surface area contributed by atoms with Crippen LogP contribution < -0.4 is 5.32 Å². The van der Waals surface area contributed by atoms with E-state index in [4.69, 9.17) is 4.74 Å². The SMILES string of the molecule is Cc1cc(C)cc(NC(=O)CCC(=O)OCCCc2ccccc2)c1. The number of esters is 1. The van der Waals surface area contributed by atoms with Crippen LogP contribution in [0.15, 0.2) is 48.5 Å². The number of hydrogen-bond donors (Lipinski definition) is 1. The predicted molar refractivity (Wildman–Crippen MR) is 99.5 cm³/mol. The number of rotatable bonds is 8. The minimum Gasteiger partial charge on any atom is -0.466 e. The summed E-state index contributed by atoms with van der Waals surface area (Å²) >= 11 is 0. The minimum absolute atomic E-state index is 0.0992. The maximum Gasteiger partial charge on any atom is 0.306 e. The second-order valence-corrected chi connectivity index (χ2v) is 6.23. The predicted octanol–water partition coefficient (Wildman–Crippen LogP) is 4.20. The van der Waals surface area contributed by atoms with Crippen molar-refractivity contribution in [2.75, 3.05) is 11.9 Å². The first-order valence-electron chi connectivity index (χ1n) is 8.60. The summed E-state index contributed by atoms with van der Waals surface area (Å²) in [4.78, 5) is 23.7. The van der Waals surface area contributed by atoms with Crippen LogP contribution in [0.1, 0.15) is 36.0 Å². The van der Waals surface area contributed by atoms with Crippen molar-refractivity contribution < 1.29 is 14.3 Å². The highest BCUT2D eigenvalue weighted by Crippen LogP contribution is 2.14. The van der Waals surface area contributed by atoms with E-state index in [2.05, 4.69) is 17.4 Å². The van der Waals surface area contributed by atoms with E-state index in [-0.39, 0.29) is 24.7 Å². The number of anilines is 1. The van der Waals surface area contributed by atoms with Gasteiger partial charge in [0.25, 0.3) is 0 Å². The average Bonchev–Trinajstić information content (AvgIpc) is 2.57. The van der Waals surface area contributed by atoms with E-state index in [9.17, 15) is 9.59 Å². The van der Waals surface area contributed by atoms with E-state index in [1.165, 1.54) is 5.56 Å². The van der Waals surface area contributed by atoms with E-state index >= 15 is 0 Å². The Kier molecular flexibility index (Phi) is 7.20. The van der Waals surface area contributed by atoms with Gasteiger partial charge in [-0.2, -0.15) is 0 Å². The standard InChI is InChI=1S/C21H25NO3/c1-16-13-17(2)15-19(14-16)22-20(23)10-11-21(24)25-12-6-9-18-7-4-3-5-8-18/h3-5,7-8,13-15H,6,9-12H2,1-2H3,(H,22,23). The molecule has 0 aliphatic heterocycles. The Morgan fingerprint density at radius 2 is 1.64 bits per heavy atom. The van der Waals surface area contributed by atoms with Crippen LogP contribution in [0.3, 0.4) is 0 Å². The molecule has 4 heteroatoms. The Balaban J connectivity index is 1.63. The number of aryl methyl sites for hydroxylation is 3. The van der Waals surface area contributed by atoms with Crippen molar-refractivity contribution in [3.05, 3.63) is 65.2 Å². The Morgan fingerprint density at radius 3 is 2.32 bits per heavy atom. The molecule has 132 valence electrons. The van der Waals surface area contributed by atoms with Gasteiger partial charge in [0.2, 0.25) is 5.91 Å². The third-order valence-electron chi connectivity index (χ3n) is 3.78. The summed E-state index contributed by atoms with van der Waals surface area (Å²) in [6, 6.07) is 15.9. The molecule has 0 spiro atoms. The molecule has 0 fully saturated rings. The molecule has 0 unspecified atom stereocenters. The number of carbonyl (C=O) groups excluding carboxylic acids is 2. The summed E-state index contributed by atoms with van der Waals surface area (Å²) in [5.74, 6) is -0.505. The van der Waals surface area contributed by atoms with Gasteiger partial charge in [-0.3, -0.25) is 9.59 Å². The highest BCUT2D eigenvalue weighted by Gasteiger charge is 2.09. The fourth-order valence-electron chi connectivity index (χ4n) is 2.67. The van der Waals surface area contributed by atoms with Crippen molar-refractivity contribution >= 4 is 17.6 Å². The van der Waals surface area contributed by atoms with Crippen molar-refractivity contribution in [2.24, 2.45) is 0 Å². The van der Waals surface area contributed by atoms with Crippen LogP contribution in [-0.2, 0) is 20.7 Å². The molecule has 0 heterocycles. The van der Waals surface area contributed by atoms with Crippen LogP contribution in [0, 0.1) is 13.8 Å². The summed E-state index contributed by atoms with van der Waals surface area (Å²) in [5, 5.41) is 2.82. The van der Waals surface area contributed by atoms with Crippen molar-refractivity contribution in [3.8, 4) is 0 Å². The molecule has 1 amide bonds. The van der Waals surface area contributed by atoms with E-state index < -0.39 is 0 Å². The molecule has 0 aliphatic carbocycles. The number of hydrogen-bond acceptors (Lipinski definition) is 3. The zero-order chi connectivity index (χ0) is 18.1. The van der Waals surface area contributed by atoms with Gasteiger partial charge in [-0.05, 0) is 55.5 Å². The Bertz CT molecular complexity index is 690. The fourth-order valence-corrected chi connectivity index (χ4v) is 2.67. The van der Waals surface area contributed by atoms with Gasteiger partial charge in [0.15, 0.2) is 0 Å². The maximum atomic E-state index is 11.9. The summed E-state index contributed by atoms with van der Waals surface area (Å²) < 4.78 is 5.18. The lowest BCUT2D eigenvalue weighted by Crippen LogP contribution is -2.15. The number of nitrogens with one attached hydrogen (secondary N) is 1. The van der Waals surface area contributed by atoms with E-state index in [0.29, 0.717) is 6.61 Å². The lowest BCUT2D eigenvalue weighted by atomic mass is 10.1. The molecule has 0 radical (unpaired) electrons. The number of amides is 1. The Morgan fingerprint density at radius 1 is 0.960 bits per heavy atom. The topological polar surface area (TPSA) is 55.4 Å². The molecule has 2 rings (SSSR count). The molecule has 0 bridgehead atoms. The average molecular weight is 339 g/mol. The summed E-state index contributed by atoms with van der Waals surface area (Å²) in [6.45, 7) is 4.34. The van der Waals surface area contributed by atoms with Crippen LogP contribution in [0.4, 0.5) is 5.69 Å². The largest absolute Gasteiger partial charge is 0.466 e. The lowest BCUT2D eigenvalue weighted by Gasteiger charge is -2.08. The summed E-state index contributed by atoms with van der Waals surface area (Å²) in [5.41, 5.74) is 4.17. The highest BCUT2D eigenvalue weighted by atomic mass is 16.5. The van der Waals surface area contributed by atoms with Gasteiger partial charge in [-0.25, -0.2) is 0 Å². The van der Waals surface area contributed by atoms with Crippen LogP contribution in [0.5, 0.6) is 0 Å². The monoisotopic (exact) mass is 339 g/mol. The van der Waals surface area contributed by atoms with Crippen LogP contribution in [0.25, 0.3) is 0 Å². The quantitative estimate of drug-likeness (QED) is 0.579. The van der Waals surface area contributed by atoms with E-state index in [0.717, 1.165) is 29.7 Å². The number of ether oxygens (including phenoxy) is 1. The summed E-state index contributed by atoms with van der Waals surface area (Å²) in [6.07, 6.45) is 1.89. The molecule has 2 aromatic carbocycles. The first-order valence-corrected chi connectivity index (χ1v) is 8.60. The zero-order valence-corrected chi connectivity index (χ0v) is 14.9. The molecule has 1 N–H and O–H groups in total. The molecule has 0 aromatic heterocycles. The number of benzene rings is 2. The molecule has 0 saturated heterocycles. The molecule has 25 heavy (non-hydrogen) atoms. The van der Waals surface area contributed by atoms with Gasteiger partial charge < -0.3 is 10.1 Å². The lowest BCUT2D eigenvalue weighted by molar-refractivity contribution is -0.144. The van der Waals surface area contributed by atoms with E-state index in [1.807, 2.05) is 50.2 Å². The van der Waals surface area contributed by atoms with Crippen molar-refractivity contribution in [3.63, 3.8) is 0 Å². The van der Waals surface area contributed by atoms with Crippen molar-refractivity contribution in [2.45, 2.75) is 39.5 Å². The fraction of sp³-hybridized carbons (Fsp3) is 0.333. The van der Waals surface area contributed by atoms with Gasteiger partial charge in [-0.15, -0.1) is 0 Å². The van der Waals surface area contributed by atoms with Gasteiger partial charge in [0, 0.05) is 12.1 Å². The van der Waals surface area contributed by atoms with Crippen LogP contribution >= 0.6 is 0 Å². The summed E-state index contributed by atoms with van der Waals surface area (Å²) in [7, 11) is 0. The second-order valence-electron chi connectivity index (χ2n) is 6.23. The smallest absolute Gasteiger partial charge is 0.306 e. The second kappa shape index (κ2) is 9.62. The van der Waals surface area contributed by atoms with Crippen LogP contribution in [-0.4, -0.2) is 18.5 Å². The molecule has 0 atom stereocenters. The first-order chi connectivity index (χ1) is 12.0. The van der Waals surface area contributed by atoms with Gasteiger partial charge in [-0.1, -0.05) is 36.4 Å². The van der Waals surface area contributed by atoms with Gasteiger partial charge >= 0.3 is 5.97 Å². The maximum absolute atomic E-state index is 11.9. The first kappa shape index (κ1) is 18.7. The normalized spacial score (nSPS) is 10.3. The zero-order valence-electron chi connectivity index (χ0n) is 14.9. The van der Waals surface area contributed by atoms with Crippen molar-refractivity contribution in [1.29, 1.82) is 0 Å². The minimum atomic E-state index is -0.330. The van der Waals surface area contributed by atoms with E-state index in [1.54, 1.807) is 0 Å². The third kappa shape index (κ3) is 7.21. The number of carbonyl (C=O) groups is 2. The molecule has 4 nitrogen and oxygen atoms in total.